The van der Waals surface area contributed by atoms with Crippen LogP contribution in [0.15, 0.2) is 72.8 Å². The van der Waals surface area contributed by atoms with Gasteiger partial charge in [0.2, 0.25) is 0 Å². The van der Waals surface area contributed by atoms with Crippen LogP contribution in [0.2, 0.25) is 0 Å². The number of carbonyl (C=O) groups excluding carboxylic acids is 1. The number of amides is 1. The molecule has 162 valence electrons. The molecule has 8 heteroatoms. The zero-order valence-electron chi connectivity index (χ0n) is 17.2. The number of nitro benzene ring substituents is 1. The van der Waals surface area contributed by atoms with Crippen molar-refractivity contribution in [2.24, 2.45) is 0 Å². The number of nitrogens with zero attached hydrogens (tertiary/aromatic N) is 2. The van der Waals surface area contributed by atoms with E-state index in [0.29, 0.717) is 5.56 Å². The van der Waals surface area contributed by atoms with Crippen LogP contribution >= 0.6 is 0 Å². The third-order valence-corrected chi connectivity index (χ3v) is 5.66. The smallest absolute Gasteiger partial charge is 0.411 e. The molecule has 0 bridgehead atoms. The first-order valence-electron chi connectivity index (χ1n) is 9.93. The maximum Gasteiger partial charge on any atom is 0.411 e. The summed E-state index contributed by atoms with van der Waals surface area (Å²) in [5, 5.41) is 21.0. The number of hydrogen-bond acceptors (Lipinski definition) is 5. The van der Waals surface area contributed by atoms with Crippen LogP contribution in [0.3, 0.4) is 0 Å². The minimum Gasteiger partial charge on any atom is -0.480 e. The maximum atomic E-state index is 12.9. The third-order valence-electron chi connectivity index (χ3n) is 5.66. The van der Waals surface area contributed by atoms with Crippen molar-refractivity contribution in [2.75, 3.05) is 7.11 Å². The number of hydrogen-bond donors (Lipinski definition) is 1. The summed E-state index contributed by atoms with van der Waals surface area (Å²) in [4.78, 5) is 37.0. The maximum absolute atomic E-state index is 12.9. The van der Waals surface area contributed by atoms with Gasteiger partial charge in [-0.05, 0) is 27.8 Å². The van der Waals surface area contributed by atoms with Crippen molar-refractivity contribution in [3.63, 3.8) is 0 Å². The lowest BCUT2D eigenvalue weighted by Gasteiger charge is -2.34. The second-order valence-corrected chi connectivity index (χ2v) is 7.44. The monoisotopic (exact) mass is 432 g/mol. The van der Waals surface area contributed by atoms with Crippen LogP contribution in [0.25, 0.3) is 11.1 Å². The lowest BCUT2D eigenvalue weighted by atomic mass is 9.98. The Balaban J connectivity index is 1.79. The standard InChI is InChI=1S/C24H20N2O6/c1-32-24(29)25(21(23(27)28)14-15-10-12-16(13-11-15)26(30)31)22-19-8-4-2-6-17(19)18-7-3-5-9-20(18)22/h2-13,21-22H,14H2,1H3,(H,27,28)/t21-/m0/s1. The van der Waals surface area contributed by atoms with Gasteiger partial charge in [-0.25, -0.2) is 9.59 Å². The molecule has 0 radical (unpaired) electrons. The van der Waals surface area contributed by atoms with Gasteiger partial charge < -0.3 is 9.84 Å². The van der Waals surface area contributed by atoms with Crippen molar-refractivity contribution in [2.45, 2.75) is 18.5 Å². The fourth-order valence-corrected chi connectivity index (χ4v) is 4.23. The molecule has 0 heterocycles. The van der Waals surface area contributed by atoms with Gasteiger partial charge in [0.15, 0.2) is 0 Å². The summed E-state index contributed by atoms with van der Waals surface area (Å²) in [7, 11) is 1.22. The quantitative estimate of drug-likeness (QED) is 0.456. The van der Waals surface area contributed by atoms with Gasteiger partial charge in [0.1, 0.15) is 6.04 Å². The van der Waals surface area contributed by atoms with E-state index in [1.54, 1.807) is 0 Å². The average Bonchev–Trinajstić information content (AvgIpc) is 3.13. The number of carboxylic acids is 1. The summed E-state index contributed by atoms with van der Waals surface area (Å²) >= 11 is 0. The van der Waals surface area contributed by atoms with Crippen molar-refractivity contribution in [3.8, 4) is 11.1 Å². The molecule has 1 atom stereocenters. The molecule has 0 unspecified atom stereocenters. The van der Waals surface area contributed by atoms with E-state index < -0.39 is 29.1 Å². The molecule has 4 rings (SSSR count). The Morgan fingerprint density at radius 1 is 1.00 bits per heavy atom. The molecule has 3 aromatic rings. The SMILES string of the molecule is COC(=O)N(C1c2ccccc2-c2ccccc21)[C@@H](Cc1ccc([N+](=O)[O-])cc1)C(=O)O. The highest BCUT2D eigenvalue weighted by atomic mass is 16.6. The molecule has 0 aromatic heterocycles. The first-order valence-corrected chi connectivity index (χ1v) is 9.93. The number of ether oxygens (including phenoxy) is 1. The zero-order chi connectivity index (χ0) is 22.8. The Morgan fingerprint density at radius 2 is 1.53 bits per heavy atom. The molecule has 0 fully saturated rings. The van der Waals surface area contributed by atoms with Gasteiger partial charge in [-0.1, -0.05) is 60.7 Å². The Bertz CT molecular complexity index is 1150. The number of rotatable bonds is 6. The van der Waals surface area contributed by atoms with Crippen molar-refractivity contribution in [3.05, 3.63) is 99.6 Å². The van der Waals surface area contributed by atoms with E-state index in [2.05, 4.69) is 0 Å². The highest BCUT2D eigenvalue weighted by Gasteiger charge is 2.42. The minimum atomic E-state index is -1.26. The lowest BCUT2D eigenvalue weighted by molar-refractivity contribution is -0.384. The van der Waals surface area contributed by atoms with Gasteiger partial charge in [0.05, 0.1) is 18.1 Å². The Kier molecular flexibility index (Phi) is 5.59. The van der Waals surface area contributed by atoms with E-state index in [-0.39, 0.29) is 12.1 Å². The predicted octanol–water partition coefficient (Wildman–Crippen LogP) is 4.43. The summed E-state index contributed by atoms with van der Waals surface area (Å²) in [6.45, 7) is 0. The van der Waals surface area contributed by atoms with E-state index in [1.807, 2.05) is 48.5 Å². The van der Waals surface area contributed by atoms with Crippen molar-refractivity contribution < 1.29 is 24.4 Å². The second-order valence-electron chi connectivity index (χ2n) is 7.44. The van der Waals surface area contributed by atoms with E-state index in [9.17, 15) is 24.8 Å². The average molecular weight is 432 g/mol. The highest BCUT2D eigenvalue weighted by molar-refractivity contribution is 5.85. The van der Waals surface area contributed by atoms with Crippen molar-refractivity contribution >= 4 is 17.7 Å². The number of fused-ring (bicyclic) bond motifs is 3. The predicted molar refractivity (Wildman–Crippen MR) is 116 cm³/mol. The number of non-ortho nitro benzene ring substituents is 1. The molecule has 0 saturated heterocycles. The molecular weight excluding hydrogens is 412 g/mol. The molecule has 1 aliphatic rings. The first kappa shape index (κ1) is 21.0. The molecule has 32 heavy (non-hydrogen) atoms. The molecule has 8 nitrogen and oxygen atoms in total. The van der Waals surface area contributed by atoms with E-state index in [4.69, 9.17) is 4.74 Å². The second kappa shape index (κ2) is 8.50. The molecule has 1 amide bonds. The molecule has 0 saturated carbocycles. The fourth-order valence-electron chi connectivity index (χ4n) is 4.23. The van der Waals surface area contributed by atoms with Gasteiger partial charge in [-0.15, -0.1) is 0 Å². The Hall–Kier alpha value is -4.20. The summed E-state index contributed by atoms with van der Waals surface area (Å²) in [5.74, 6) is -1.20. The van der Waals surface area contributed by atoms with E-state index in [0.717, 1.165) is 22.3 Å². The van der Waals surface area contributed by atoms with Crippen molar-refractivity contribution in [1.82, 2.24) is 4.90 Å². The molecular formula is C24H20N2O6. The molecule has 1 N–H and O–H groups in total. The molecule has 3 aromatic carbocycles. The van der Waals surface area contributed by atoms with Gasteiger partial charge in [-0.2, -0.15) is 0 Å². The normalized spacial score (nSPS) is 13.0. The summed E-state index contributed by atoms with van der Waals surface area (Å²) in [6, 6.07) is 18.8. The Labute approximate surface area is 183 Å². The number of carbonyl (C=O) groups is 2. The number of carboxylic acid groups (broad SMARTS) is 1. The largest absolute Gasteiger partial charge is 0.480 e. The summed E-state index contributed by atoms with van der Waals surface area (Å²) in [6.07, 6.45) is -0.806. The molecule has 0 aliphatic heterocycles. The lowest BCUT2D eigenvalue weighted by Crippen LogP contribution is -2.48. The minimum absolute atomic E-state index is 0.0384. The van der Waals surface area contributed by atoms with Crippen LogP contribution in [-0.2, 0) is 16.0 Å². The number of aliphatic carboxylic acids is 1. The molecule has 0 spiro atoms. The van der Waals surface area contributed by atoms with E-state index in [1.165, 1.54) is 36.3 Å². The van der Waals surface area contributed by atoms with Crippen LogP contribution in [-0.4, -0.2) is 40.1 Å². The zero-order valence-corrected chi connectivity index (χ0v) is 17.2. The van der Waals surface area contributed by atoms with Gasteiger partial charge in [-0.3, -0.25) is 15.0 Å². The van der Waals surface area contributed by atoms with Gasteiger partial charge in [0, 0.05) is 18.6 Å². The van der Waals surface area contributed by atoms with Gasteiger partial charge >= 0.3 is 12.1 Å². The van der Waals surface area contributed by atoms with Crippen LogP contribution in [0.5, 0.6) is 0 Å². The fraction of sp³-hybridized carbons (Fsp3) is 0.167. The first-order chi connectivity index (χ1) is 15.4. The summed E-state index contributed by atoms with van der Waals surface area (Å²) in [5.41, 5.74) is 3.95. The molecule has 1 aliphatic carbocycles. The van der Waals surface area contributed by atoms with Crippen LogP contribution in [0, 0.1) is 10.1 Å². The van der Waals surface area contributed by atoms with Crippen LogP contribution < -0.4 is 0 Å². The van der Waals surface area contributed by atoms with Crippen LogP contribution in [0.1, 0.15) is 22.7 Å². The third kappa shape index (κ3) is 3.66. The number of benzene rings is 3. The topological polar surface area (TPSA) is 110 Å². The van der Waals surface area contributed by atoms with Crippen LogP contribution in [0.4, 0.5) is 10.5 Å². The van der Waals surface area contributed by atoms with E-state index >= 15 is 0 Å². The highest BCUT2D eigenvalue weighted by Crippen LogP contribution is 2.47. The van der Waals surface area contributed by atoms with Gasteiger partial charge in [0.25, 0.3) is 5.69 Å². The number of methoxy groups -OCH3 is 1. The van der Waals surface area contributed by atoms with Crippen molar-refractivity contribution in [1.29, 1.82) is 0 Å². The summed E-state index contributed by atoms with van der Waals surface area (Å²) < 4.78 is 5.01. The Morgan fingerprint density at radius 3 is 2.00 bits per heavy atom. The number of nitro groups is 1.